The second-order valence-corrected chi connectivity index (χ2v) is 10.7. The third-order valence-electron chi connectivity index (χ3n) is 6.94. The molecule has 0 spiro atoms. The first-order valence-electron chi connectivity index (χ1n) is 11.1. The van der Waals surface area contributed by atoms with Crippen LogP contribution in [0.25, 0.3) is 10.9 Å². The molecule has 0 radical (unpaired) electrons. The van der Waals surface area contributed by atoms with Gasteiger partial charge >= 0.3 is 0 Å². The minimum absolute atomic E-state index is 0.0299. The molecule has 1 unspecified atom stereocenters. The van der Waals surface area contributed by atoms with Gasteiger partial charge in [-0.25, -0.2) is 18.4 Å². The van der Waals surface area contributed by atoms with Crippen LogP contribution in [-0.4, -0.2) is 79.6 Å². The molecule has 0 bridgehead atoms. The Morgan fingerprint density at radius 1 is 1.12 bits per heavy atom. The number of hydrogen-bond donors (Lipinski definition) is 1. The number of nitrogens with zero attached hydrogens (tertiary/aromatic N) is 4. The number of rotatable bonds is 7. The summed E-state index contributed by atoms with van der Waals surface area (Å²) in [4.78, 5) is 11.1. The van der Waals surface area contributed by atoms with Crippen LogP contribution in [0.15, 0.2) is 18.5 Å². The highest BCUT2D eigenvalue weighted by molar-refractivity contribution is 7.89. The molecule has 176 valence electrons. The summed E-state index contributed by atoms with van der Waals surface area (Å²) in [5, 5.41) is 12.3. The predicted octanol–water partition coefficient (Wildman–Crippen LogP) is 2.04. The molecule has 0 amide bonds. The largest absolute Gasteiger partial charge is 0.493 e. The summed E-state index contributed by atoms with van der Waals surface area (Å²) in [6.07, 6.45) is 4.23. The lowest BCUT2D eigenvalue weighted by Gasteiger charge is -2.43. The number of sulfonamides is 1. The van der Waals surface area contributed by atoms with Crippen LogP contribution in [0.5, 0.6) is 11.5 Å². The molecule has 2 saturated heterocycles. The number of β-amino-alcohol motifs (C(OH)–C–C–N with tert-alkyl or cyclic N) is 1. The van der Waals surface area contributed by atoms with E-state index >= 15 is 0 Å². The fourth-order valence-electron chi connectivity index (χ4n) is 4.95. The minimum atomic E-state index is -3.24. The number of hydrogen-bond acceptors (Lipinski definition) is 8. The van der Waals surface area contributed by atoms with Gasteiger partial charge in [-0.1, -0.05) is 6.92 Å². The quantitative estimate of drug-likeness (QED) is 0.664. The standard InChI is InChI=1S/C22H32N4O5S/c1-4-22(27,14-26-8-5-11-32(26,28)29)16-6-9-25(10-7-16)21-17-12-19(30-2)20(31-3)13-18(17)23-15-24-21/h12-13,15-16,27H,4-11,14H2,1-3H3. The summed E-state index contributed by atoms with van der Waals surface area (Å²) >= 11 is 0. The van der Waals surface area contributed by atoms with Crippen LogP contribution in [0.2, 0.25) is 0 Å². The topological polar surface area (TPSA) is 105 Å². The van der Waals surface area contributed by atoms with E-state index in [2.05, 4.69) is 14.9 Å². The predicted molar refractivity (Wildman–Crippen MR) is 123 cm³/mol. The van der Waals surface area contributed by atoms with Crippen LogP contribution in [0.3, 0.4) is 0 Å². The maximum Gasteiger partial charge on any atom is 0.214 e. The van der Waals surface area contributed by atoms with Crippen molar-refractivity contribution >= 4 is 26.7 Å². The van der Waals surface area contributed by atoms with Crippen LogP contribution < -0.4 is 14.4 Å². The zero-order chi connectivity index (χ0) is 22.9. The van der Waals surface area contributed by atoms with Crippen molar-refractivity contribution in [1.29, 1.82) is 0 Å². The number of benzene rings is 1. The van der Waals surface area contributed by atoms with Crippen molar-refractivity contribution in [2.24, 2.45) is 5.92 Å². The van der Waals surface area contributed by atoms with Crippen LogP contribution in [-0.2, 0) is 10.0 Å². The number of aromatic nitrogens is 2. The molecule has 1 N–H and O–H groups in total. The third-order valence-corrected chi connectivity index (χ3v) is 8.84. The molecule has 2 aromatic rings. The maximum absolute atomic E-state index is 12.3. The molecule has 32 heavy (non-hydrogen) atoms. The molecule has 1 aromatic carbocycles. The van der Waals surface area contributed by atoms with E-state index in [0.717, 1.165) is 42.7 Å². The van der Waals surface area contributed by atoms with Crippen molar-refractivity contribution in [2.75, 3.05) is 51.1 Å². The minimum Gasteiger partial charge on any atom is -0.493 e. The molecule has 4 rings (SSSR count). The Kier molecular flexibility index (Phi) is 6.46. The summed E-state index contributed by atoms with van der Waals surface area (Å²) in [7, 11) is -0.0376. The van der Waals surface area contributed by atoms with E-state index in [1.807, 2.05) is 19.1 Å². The van der Waals surface area contributed by atoms with Crippen molar-refractivity contribution in [3.8, 4) is 11.5 Å². The van der Waals surface area contributed by atoms with Gasteiger partial charge in [-0.05, 0) is 37.7 Å². The molecule has 2 aliphatic heterocycles. The Morgan fingerprint density at radius 3 is 2.41 bits per heavy atom. The summed E-state index contributed by atoms with van der Waals surface area (Å²) in [5.41, 5.74) is -0.243. The average Bonchev–Trinajstić information content (AvgIpc) is 3.14. The highest BCUT2D eigenvalue weighted by Crippen LogP contribution is 2.38. The van der Waals surface area contributed by atoms with Crippen molar-refractivity contribution < 1.29 is 23.0 Å². The number of aliphatic hydroxyl groups is 1. The van der Waals surface area contributed by atoms with E-state index in [4.69, 9.17) is 9.47 Å². The van der Waals surface area contributed by atoms with E-state index in [-0.39, 0.29) is 18.2 Å². The van der Waals surface area contributed by atoms with Gasteiger partial charge in [0, 0.05) is 37.6 Å². The molecule has 9 nitrogen and oxygen atoms in total. The first-order chi connectivity index (χ1) is 15.3. The molecule has 0 aliphatic carbocycles. The van der Waals surface area contributed by atoms with E-state index in [1.54, 1.807) is 20.5 Å². The smallest absolute Gasteiger partial charge is 0.214 e. The molecule has 1 atom stereocenters. The lowest BCUT2D eigenvalue weighted by atomic mass is 9.78. The fraction of sp³-hybridized carbons (Fsp3) is 0.636. The summed E-state index contributed by atoms with van der Waals surface area (Å²) in [6, 6.07) is 3.74. The van der Waals surface area contributed by atoms with Gasteiger partial charge in [-0.2, -0.15) is 4.31 Å². The molecule has 3 heterocycles. The lowest BCUT2D eigenvalue weighted by molar-refractivity contribution is -0.0426. The second-order valence-electron chi connectivity index (χ2n) is 8.64. The second kappa shape index (κ2) is 8.99. The van der Waals surface area contributed by atoms with Crippen LogP contribution in [0.1, 0.15) is 32.6 Å². The van der Waals surface area contributed by atoms with E-state index < -0.39 is 15.6 Å². The molecule has 0 saturated carbocycles. The average molecular weight is 465 g/mol. The molecular formula is C22H32N4O5S. The molecule has 1 aromatic heterocycles. The SMILES string of the molecule is CCC(O)(CN1CCCS1(=O)=O)C1CCN(c2ncnc3cc(OC)c(OC)cc23)CC1. The van der Waals surface area contributed by atoms with Crippen LogP contribution >= 0.6 is 0 Å². The highest BCUT2D eigenvalue weighted by Gasteiger charge is 2.42. The molecule has 2 fully saturated rings. The molecule has 2 aliphatic rings. The number of methoxy groups -OCH3 is 2. The zero-order valence-electron chi connectivity index (χ0n) is 19.0. The molecule has 10 heteroatoms. The zero-order valence-corrected chi connectivity index (χ0v) is 19.8. The van der Waals surface area contributed by atoms with Gasteiger partial charge in [0.2, 0.25) is 10.0 Å². The van der Waals surface area contributed by atoms with Gasteiger partial charge in [0.15, 0.2) is 11.5 Å². The fourth-order valence-corrected chi connectivity index (χ4v) is 6.53. The maximum atomic E-state index is 12.3. The van der Waals surface area contributed by atoms with Gasteiger partial charge in [-0.3, -0.25) is 0 Å². The Morgan fingerprint density at radius 2 is 1.81 bits per heavy atom. The van der Waals surface area contributed by atoms with E-state index in [1.165, 1.54) is 4.31 Å². The van der Waals surface area contributed by atoms with Crippen molar-refractivity contribution in [2.45, 2.75) is 38.2 Å². The number of ether oxygens (including phenoxy) is 2. The monoisotopic (exact) mass is 464 g/mol. The lowest BCUT2D eigenvalue weighted by Crippen LogP contribution is -2.52. The number of piperidine rings is 1. The normalized spacial score (nSPS) is 21.6. The van der Waals surface area contributed by atoms with Crippen LogP contribution in [0.4, 0.5) is 5.82 Å². The van der Waals surface area contributed by atoms with Gasteiger partial charge in [-0.15, -0.1) is 0 Å². The Labute approximate surface area is 189 Å². The van der Waals surface area contributed by atoms with Gasteiger partial charge in [0.1, 0.15) is 12.1 Å². The van der Waals surface area contributed by atoms with Gasteiger partial charge < -0.3 is 19.5 Å². The Bertz CT molecular complexity index is 1070. The van der Waals surface area contributed by atoms with Gasteiger partial charge in [0.25, 0.3) is 0 Å². The Balaban J connectivity index is 1.52. The third kappa shape index (κ3) is 4.23. The van der Waals surface area contributed by atoms with Crippen molar-refractivity contribution in [3.05, 3.63) is 18.5 Å². The summed E-state index contributed by atoms with van der Waals surface area (Å²) < 4.78 is 36.9. The molecular weight excluding hydrogens is 432 g/mol. The Hall–Kier alpha value is -2.17. The number of fused-ring (bicyclic) bond motifs is 1. The number of anilines is 1. The summed E-state index contributed by atoms with van der Waals surface area (Å²) in [6.45, 7) is 4.07. The van der Waals surface area contributed by atoms with Crippen molar-refractivity contribution in [3.63, 3.8) is 0 Å². The van der Waals surface area contributed by atoms with Crippen molar-refractivity contribution in [1.82, 2.24) is 14.3 Å². The summed E-state index contributed by atoms with van der Waals surface area (Å²) in [5.74, 6) is 2.28. The first-order valence-corrected chi connectivity index (χ1v) is 12.7. The van der Waals surface area contributed by atoms with Crippen LogP contribution in [0, 0.1) is 5.92 Å². The van der Waals surface area contributed by atoms with E-state index in [0.29, 0.717) is 30.9 Å². The highest BCUT2D eigenvalue weighted by atomic mass is 32.2. The first kappa shape index (κ1) is 23.0. The van der Waals surface area contributed by atoms with Gasteiger partial charge in [0.05, 0.1) is 31.1 Å². The van der Waals surface area contributed by atoms with E-state index in [9.17, 15) is 13.5 Å².